The molecule has 1 spiro atoms. The highest BCUT2D eigenvalue weighted by atomic mass is 16.5. The summed E-state index contributed by atoms with van der Waals surface area (Å²) in [5, 5.41) is 0. The fraction of sp³-hybridized carbons (Fsp3) is 0.600. The van der Waals surface area contributed by atoms with Crippen LogP contribution in [0.5, 0.6) is 0 Å². The topological polar surface area (TPSA) is 49.9 Å². The van der Waals surface area contributed by atoms with Crippen molar-refractivity contribution in [2.75, 3.05) is 32.8 Å². The Hall–Kier alpha value is -1.88. The first-order chi connectivity index (χ1) is 12.0. The monoisotopic (exact) mass is 342 g/mol. The number of nitrogens with zero attached hydrogens (tertiary/aromatic N) is 2. The van der Waals surface area contributed by atoms with Crippen molar-refractivity contribution in [2.45, 2.75) is 38.2 Å². The molecule has 5 heteroatoms. The van der Waals surface area contributed by atoms with Gasteiger partial charge < -0.3 is 14.5 Å². The van der Waals surface area contributed by atoms with Gasteiger partial charge in [0.25, 0.3) is 5.91 Å². The summed E-state index contributed by atoms with van der Waals surface area (Å²) in [5.74, 6) is 0.829. The summed E-state index contributed by atoms with van der Waals surface area (Å²) in [6.07, 6.45) is 3.76. The maximum atomic E-state index is 12.6. The Morgan fingerprint density at radius 2 is 2.20 bits per heavy atom. The van der Waals surface area contributed by atoms with E-state index >= 15 is 0 Å². The normalized spacial score (nSPS) is 25.3. The molecule has 0 bridgehead atoms. The van der Waals surface area contributed by atoms with Crippen LogP contribution in [0.1, 0.15) is 41.6 Å². The Bertz CT molecular complexity index is 671. The number of rotatable bonds is 3. The van der Waals surface area contributed by atoms with Gasteiger partial charge in [-0.15, -0.1) is 0 Å². The van der Waals surface area contributed by atoms with E-state index in [0.29, 0.717) is 37.9 Å². The molecular formula is C20H26N2O3. The number of likely N-dealkylation sites (tertiary alicyclic amines) is 2. The van der Waals surface area contributed by atoms with Crippen molar-refractivity contribution in [2.24, 2.45) is 5.92 Å². The molecule has 2 amide bonds. The lowest BCUT2D eigenvalue weighted by molar-refractivity contribution is -0.169. The molecule has 5 nitrogen and oxygen atoms in total. The molecule has 3 fully saturated rings. The average molecular weight is 342 g/mol. The van der Waals surface area contributed by atoms with Gasteiger partial charge in [0.15, 0.2) is 0 Å². The molecule has 0 saturated carbocycles. The summed E-state index contributed by atoms with van der Waals surface area (Å²) in [5.41, 5.74) is 1.72. The molecule has 0 aromatic heterocycles. The molecule has 1 aromatic rings. The molecule has 1 aromatic carbocycles. The van der Waals surface area contributed by atoms with Crippen molar-refractivity contribution >= 4 is 11.8 Å². The van der Waals surface area contributed by atoms with E-state index in [4.69, 9.17) is 4.74 Å². The summed E-state index contributed by atoms with van der Waals surface area (Å²) in [6.45, 7) is 5.82. The third kappa shape index (κ3) is 3.30. The van der Waals surface area contributed by atoms with Crippen molar-refractivity contribution in [3.05, 3.63) is 35.4 Å². The number of carbonyl (C=O) groups excluding carboxylic acids is 2. The van der Waals surface area contributed by atoms with Crippen LogP contribution < -0.4 is 0 Å². The van der Waals surface area contributed by atoms with Crippen LogP contribution in [0.3, 0.4) is 0 Å². The standard InChI is InChI=1S/C20H26N2O3/c1-15-4-2-5-17(10-15)19(24)22-13-20(14-22)8-7-16(12-25-20)11-21-9-3-6-18(21)23/h2,4-5,10,16H,3,6-9,11-14H2,1H3. The zero-order valence-corrected chi connectivity index (χ0v) is 14.9. The molecule has 1 unspecified atom stereocenters. The minimum absolute atomic E-state index is 0.0997. The molecule has 0 aliphatic carbocycles. The van der Waals surface area contributed by atoms with Gasteiger partial charge in [0, 0.05) is 31.0 Å². The highest BCUT2D eigenvalue weighted by molar-refractivity contribution is 5.95. The summed E-state index contributed by atoms with van der Waals surface area (Å²) in [4.78, 5) is 28.2. The predicted octanol–water partition coefficient (Wildman–Crippen LogP) is 2.24. The van der Waals surface area contributed by atoms with Gasteiger partial charge in [0.2, 0.25) is 5.91 Å². The maximum absolute atomic E-state index is 12.6. The van der Waals surface area contributed by atoms with E-state index < -0.39 is 0 Å². The van der Waals surface area contributed by atoms with E-state index in [9.17, 15) is 9.59 Å². The number of hydrogen-bond donors (Lipinski definition) is 0. The SMILES string of the molecule is Cc1cccc(C(=O)N2CC3(CCC(CN4CCCC4=O)CO3)C2)c1. The number of carbonyl (C=O) groups is 2. The molecule has 134 valence electrons. The van der Waals surface area contributed by atoms with Crippen LogP contribution in [0.15, 0.2) is 24.3 Å². The van der Waals surface area contributed by atoms with Gasteiger partial charge in [-0.1, -0.05) is 17.7 Å². The van der Waals surface area contributed by atoms with Crippen molar-refractivity contribution in [1.82, 2.24) is 9.80 Å². The zero-order chi connectivity index (χ0) is 17.4. The second-order valence-electron chi connectivity index (χ2n) is 7.87. The van der Waals surface area contributed by atoms with Gasteiger partial charge in [-0.2, -0.15) is 0 Å². The highest BCUT2D eigenvalue weighted by Gasteiger charge is 2.48. The van der Waals surface area contributed by atoms with E-state index in [0.717, 1.165) is 43.5 Å². The zero-order valence-electron chi connectivity index (χ0n) is 14.9. The Morgan fingerprint density at radius 1 is 1.36 bits per heavy atom. The summed E-state index contributed by atoms with van der Waals surface area (Å²) in [7, 11) is 0. The van der Waals surface area contributed by atoms with Crippen LogP contribution in [0.2, 0.25) is 0 Å². The molecule has 0 radical (unpaired) electrons. The van der Waals surface area contributed by atoms with Gasteiger partial charge >= 0.3 is 0 Å². The van der Waals surface area contributed by atoms with Crippen LogP contribution in [0.4, 0.5) is 0 Å². The number of aryl methyl sites for hydroxylation is 1. The third-order valence-electron chi connectivity index (χ3n) is 5.79. The lowest BCUT2D eigenvalue weighted by atomic mass is 9.82. The number of amides is 2. The molecule has 3 saturated heterocycles. The first-order valence-corrected chi connectivity index (χ1v) is 9.32. The Kier molecular flexibility index (Phi) is 4.28. The largest absolute Gasteiger partial charge is 0.371 e. The highest BCUT2D eigenvalue weighted by Crippen LogP contribution is 2.37. The van der Waals surface area contributed by atoms with E-state index in [1.54, 1.807) is 0 Å². The van der Waals surface area contributed by atoms with E-state index in [-0.39, 0.29) is 11.5 Å². The molecule has 3 aliphatic heterocycles. The Morgan fingerprint density at radius 3 is 2.84 bits per heavy atom. The van der Waals surface area contributed by atoms with Crippen molar-refractivity contribution in [3.63, 3.8) is 0 Å². The lowest BCUT2D eigenvalue weighted by Gasteiger charge is -2.53. The number of benzene rings is 1. The second kappa shape index (κ2) is 6.45. The fourth-order valence-electron chi connectivity index (χ4n) is 4.27. The molecule has 3 heterocycles. The Labute approximate surface area is 148 Å². The van der Waals surface area contributed by atoms with E-state index in [2.05, 4.69) is 0 Å². The van der Waals surface area contributed by atoms with E-state index in [1.807, 2.05) is 41.0 Å². The first kappa shape index (κ1) is 16.6. The minimum Gasteiger partial charge on any atom is -0.371 e. The molecule has 25 heavy (non-hydrogen) atoms. The molecule has 4 rings (SSSR count). The van der Waals surface area contributed by atoms with Crippen molar-refractivity contribution < 1.29 is 14.3 Å². The lowest BCUT2D eigenvalue weighted by Crippen LogP contribution is -2.66. The first-order valence-electron chi connectivity index (χ1n) is 9.32. The van der Waals surface area contributed by atoms with Gasteiger partial charge in [0.1, 0.15) is 5.60 Å². The third-order valence-corrected chi connectivity index (χ3v) is 5.79. The van der Waals surface area contributed by atoms with Gasteiger partial charge in [-0.05, 0) is 38.3 Å². The van der Waals surface area contributed by atoms with Crippen LogP contribution in [-0.4, -0.2) is 60.0 Å². The summed E-state index contributed by atoms with van der Waals surface area (Å²) < 4.78 is 6.17. The van der Waals surface area contributed by atoms with Crippen molar-refractivity contribution in [3.8, 4) is 0 Å². The van der Waals surface area contributed by atoms with Gasteiger partial charge in [-0.25, -0.2) is 0 Å². The van der Waals surface area contributed by atoms with Crippen LogP contribution in [0, 0.1) is 12.8 Å². The van der Waals surface area contributed by atoms with E-state index in [1.165, 1.54) is 0 Å². The number of ether oxygens (including phenoxy) is 1. The van der Waals surface area contributed by atoms with Gasteiger partial charge in [0.05, 0.1) is 19.7 Å². The maximum Gasteiger partial charge on any atom is 0.254 e. The smallest absolute Gasteiger partial charge is 0.254 e. The molecule has 1 atom stereocenters. The molecule has 0 N–H and O–H groups in total. The molecular weight excluding hydrogens is 316 g/mol. The second-order valence-corrected chi connectivity index (χ2v) is 7.87. The summed E-state index contributed by atoms with van der Waals surface area (Å²) in [6, 6.07) is 7.76. The number of hydrogen-bond acceptors (Lipinski definition) is 3. The Balaban J connectivity index is 1.28. The predicted molar refractivity (Wildman–Crippen MR) is 94.3 cm³/mol. The molecule has 3 aliphatic rings. The summed E-state index contributed by atoms with van der Waals surface area (Å²) >= 11 is 0. The van der Waals surface area contributed by atoms with Crippen LogP contribution in [0.25, 0.3) is 0 Å². The fourth-order valence-corrected chi connectivity index (χ4v) is 4.27. The van der Waals surface area contributed by atoms with Gasteiger partial charge in [-0.3, -0.25) is 9.59 Å². The van der Waals surface area contributed by atoms with Crippen LogP contribution >= 0.6 is 0 Å². The van der Waals surface area contributed by atoms with Crippen molar-refractivity contribution in [1.29, 1.82) is 0 Å². The van der Waals surface area contributed by atoms with Crippen LogP contribution in [-0.2, 0) is 9.53 Å². The quantitative estimate of drug-likeness (QED) is 0.846. The minimum atomic E-state index is -0.148. The average Bonchev–Trinajstić information content (AvgIpc) is 2.98.